The van der Waals surface area contributed by atoms with Crippen LogP contribution in [0.2, 0.25) is 15.1 Å². The van der Waals surface area contributed by atoms with Crippen LogP contribution in [-0.4, -0.2) is 21.8 Å². The molecular formula is C22H11Cl3N2O3S2. The van der Waals surface area contributed by atoms with Crippen LogP contribution in [0.3, 0.4) is 0 Å². The monoisotopic (exact) mass is 520 g/mol. The highest BCUT2D eigenvalue weighted by molar-refractivity contribution is 7.22. The average molecular weight is 522 g/mol. The molecule has 4 aromatic rings. The maximum Gasteiger partial charge on any atom is 0.296 e. The fourth-order valence-corrected chi connectivity index (χ4v) is 5.81. The van der Waals surface area contributed by atoms with Crippen molar-refractivity contribution >= 4 is 84.5 Å². The van der Waals surface area contributed by atoms with Gasteiger partial charge < -0.3 is 5.11 Å². The van der Waals surface area contributed by atoms with E-state index in [1.54, 1.807) is 53.9 Å². The average Bonchev–Trinajstić information content (AvgIpc) is 3.48. The van der Waals surface area contributed by atoms with Gasteiger partial charge in [-0.05, 0) is 47.3 Å². The minimum atomic E-state index is -0.928. The molecule has 0 spiro atoms. The lowest BCUT2D eigenvalue weighted by atomic mass is 9.95. The second-order valence-corrected chi connectivity index (χ2v) is 10.1. The molecule has 0 fully saturated rings. The fourth-order valence-electron chi connectivity index (χ4n) is 3.56. The van der Waals surface area contributed by atoms with Gasteiger partial charge in [-0.3, -0.25) is 14.5 Å². The van der Waals surface area contributed by atoms with Crippen molar-refractivity contribution in [2.24, 2.45) is 0 Å². The topological polar surface area (TPSA) is 70.5 Å². The minimum absolute atomic E-state index is 0.0341. The first kappa shape index (κ1) is 21.4. The molecule has 5 rings (SSSR count). The van der Waals surface area contributed by atoms with E-state index in [0.717, 1.165) is 4.70 Å². The largest absolute Gasteiger partial charge is 0.503 e. The molecule has 1 N–H and O–H groups in total. The Balaban J connectivity index is 1.70. The van der Waals surface area contributed by atoms with Crippen LogP contribution in [0.15, 0.2) is 65.2 Å². The zero-order valence-electron chi connectivity index (χ0n) is 15.9. The molecule has 3 heterocycles. The summed E-state index contributed by atoms with van der Waals surface area (Å²) in [5.74, 6) is -1.77. The summed E-state index contributed by atoms with van der Waals surface area (Å²) in [5, 5.41) is 14.0. The molecule has 2 aromatic heterocycles. The van der Waals surface area contributed by atoms with Crippen molar-refractivity contribution in [1.29, 1.82) is 0 Å². The van der Waals surface area contributed by atoms with Crippen LogP contribution >= 0.6 is 57.5 Å². The van der Waals surface area contributed by atoms with Crippen LogP contribution < -0.4 is 4.90 Å². The first-order chi connectivity index (χ1) is 15.3. The van der Waals surface area contributed by atoms with E-state index >= 15 is 0 Å². The number of carbonyl (C=O) groups excluding carboxylic acids is 2. The van der Waals surface area contributed by atoms with Crippen LogP contribution in [0.25, 0.3) is 10.2 Å². The number of Topliss-reactive ketones (excluding diaryl/α,β-unsaturated/α-hetero) is 1. The Labute approximate surface area is 205 Å². The first-order valence-corrected chi connectivity index (χ1v) is 12.0. The number of rotatable bonds is 4. The Morgan fingerprint density at radius 3 is 2.59 bits per heavy atom. The summed E-state index contributed by atoms with van der Waals surface area (Å²) in [7, 11) is 0. The van der Waals surface area contributed by atoms with Crippen LogP contribution in [0.5, 0.6) is 0 Å². The summed E-state index contributed by atoms with van der Waals surface area (Å²) in [5.41, 5.74) is 1.13. The summed E-state index contributed by atoms with van der Waals surface area (Å²) < 4.78 is 0.769. The fraction of sp³-hybridized carbons (Fsp3) is 0.0455. The van der Waals surface area contributed by atoms with Crippen LogP contribution in [0.1, 0.15) is 21.3 Å². The highest BCUT2D eigenvalue weighted by atomic mass is 35.5. The van der Waals surface area contributed by atoms with Crippen LogP contribution in [0.4, 0.5) is 5.13 Å². The number of anilines is 1. The number of aromatic nitrogens is 1. The van der Waals surface area contributed by atoms with Crippen LogP contribution in [-0.2, 0) is 4.79 Å². The molecule has 1 amide bonds. The Morgan fingerprint density at radius 1 is 1.06 bits per heavy atom. The van der Waals surface area contributed by atoms with Crippen molar-refractivity contribution in [3.8, 4) is 0 Å². The Morgan fingerprint density at radius 2 is 1.88 bits per heavy atom. The Bertz CT molecular complexity index is 1430. The highest BCUT2D eigenvalue weighted by Crippen LogP contribution is 2.45. The Kier molecular flexibility index (Phi) is 5.47. The SMILES string of the molecule is O=C(C1=C(O)C(=O)N(c2nc3ccc(Cl)cc3s2)C1c1ccc(Cl)c(Cl)c1)c1cccs1. The number of thiazole rings is 1. The number of benzene rings is 2. The maximum absolute atomic E-state index is 13.3. The van der Waals surface area contributed by atoms with E-state index in [9.17, 15) is 14.7 Å². The lowest BCUT2D eigenvalue weighted by Crippen LogP contribution is -2.30. The predicted molar refractivity (Wildman–Crippen MR) is 130 cm³/mol. The third-order valence-corrected chi connectivity index (χ3v) is 7.86. The number of carbonyl (C=O) groups is 2. The Hall–Kier alpha value is -2.42. The zero-order chi connectivity index (χ0) is 22.6. The van der Waals surface area contributed by atoms with E-state index < -0.39 is 23.5 Å². The quantitative estimate of drug-likeness (QED) is 0.291. The van der Waals surface area contributed by atoms with Gasteiger partial charge >= 0.3 is 0 Å². The van der Waals surface area contributed by atoms with E-state index in [2.05, 4.69) is 4.98 Å². The lowest BCUT2D eigenvalue weighted by molar-refractivity contribution is -0.117. The third kappa shape index (κ3) is 3.50. The smallest absolute Gasteiger partial charge is 0.296 e. The number of hydrogen-bond donors (Lipinski definition) is 1. The number of ketones is 1. The molecule has 10 heteroatoms. The molecule has 0 radical (unpaired) electrons. The van der Waals surface area contributed by atoms with Gasteiger partial charge in [0, 0.05) is 5.02 Å². The van der Waals surface area contributed by atoms with Crippen molar-refractivity contribution in [2.75, 3.05) is 4.90 Å². The molecule has 5 nitrogen and oxygen atoms in total. The van der Waals surface area contributed by atoms with E-state index in [-0.39, 0.29) is 10.6 Å². The molecule has 32 heavy (non-hydrogen) atoms. The van der Waals surface area contributed by atoms with Gasteiger partial charge in [0.15, 0.2) is 10.9 Å². The number of amides is 1. The lowest BCUT2D eigenvalue weighted by Gasteiger charge is -2.24. The van der Waals surface area contributed by atoms with Crippen molar-refractivity contribution < 1.29 is 14.7 Å². The number of nitrogens with zero attached hydrogens (tertiary/aromatic N) is 2. The van der Waals surface area contributed by atoms with Gasteiger partial charge in [-0.1, -0.05) is 58.3 Å². The van der Waals surface area contributed by atoms with E-state index in [4.69, 9.17) is 34.8 Å². The van der Waals surface area contributed by atoms with Crippen LogP contribution in [0, 0.1) is 0 Å². The third-order valence-electron chi connectivity index (χ3n) is 5.00. The van der Waals surface area contributed by atoms with Crippen molar-refractivity contribution in [1.82, 2.24) is 4.98 Å². The molecule has 1 unspecified atom stereocenters. The second-order valence-electron chi connectivity index (χ2n) is 6.93. The molecule has 1 aliphatic heterocycles. The van der Waals surface area contributed by atoms with Gasteiger partial charge in [0.1, 0.15) is 0 Å². The standard InChI is InChI=1S/C22H11Cl3N2O3S2/c23-11-4-6-14-16(9-11)32-22(26-14)27-18(10-3-5-12(24)13(25)8-10)17(20(29)21(27)30)19(28)15-2-1-7-31-15/h1-9,18,29H. The van der Waals surface area contributed by atoms with E-state index in [1.165, 1.54) is 27.6 Å². The van der Waals surface area contributed by atoms with Gasteiger partial charge in [0.25, 0.3) is 5.91 Å². The number of hydrogen-bond acceptors (Lipinski definition) is 6. The first-order valence-electron chi connectivity index (χ1n) is 9.21. The van der Waals surface area contributed by atoms with Gasteiger partial charge in [-0.15, -0.1) is 11.3 Å². The maximum atomic E-state index is 13.3. The van der Waals surface area contributed by atoms with Crippen molar-refractivity contribution in [3.05, 3.63) is 90.8 Å². The molecule has 0 saturated heterocycles. The summed E-state index contributed by atoms with van der Waals surface area (Å²) in [6, 6.07) is 12.5. The molecule has 2 aromatic carbocycles. The molecule has 0 saturated carbocycles. The summed E-state index contributed by atoms with van der Waals surface area (Å²) in [4.78, 5) is 32.8. The summed E-state index contributed by atoms with van der Waals surface area (Å²) in [6.07, 6.45) is 0. The van der Waals surface area contributed by atoms with Gasteiger partial charge in [-0.2, -0.15) is 0 Å². The number of fused-ring (bicyclic) bond motifs is 1. The molecule has 0 aliphatic carbocycles. The van der Waals surface area contributed by atoms with Gasteiger partial charge in [0.05, 0.1) is 36.8 Å². The molecule has 0 bridgehead atoms. The second kappa shape index (κ2) is 8.17. The molecular weight excluding hydrogens is 511 g/mol. The van der Waals surface area contributed by atoms with Crippen molar-refractivity contribution in [2.45, 2.75) is 6.04 Å². The van der Waals surface area contributed by atoms with E-state index in [0.29, 0.717) is 31.1 Å². The van der Waals surface area contributed by atoms with Gasteiger partial charge in [0.2, 0.25) is 5.78 Å². The summed E-state index contributed by atoms with van der Waals surface area (Å²) in [6.45, 7) is 0. The minimum Gasteiger partial charge on any atom is -0.503 e. The predicted octanol–water partition coefficient (Wildman–Crippen LogP) is 7.10. The number of aliphatic hydroxyl groups is 1. The van der Waals surface area contributed by atoms with Gasteiger partial charge in [-0.25, -0.2) is 4.98 Å². The summed E-state index contributed by atoms with van der Waals surface area (Å²) >= 11 is 20.9. The van der Waals surface area contributed by atoms with Crippen molar-refractivity contribution in [3.63, 3.8) is 0 Å². The number of halogens is 3. The molecule has 1 aliphatic rings. The molecule has 1 atom stereocenters. The number of thiophene rings is 1. The van der Waals surface area contributed by atoms with E-state index in [1.807, 2.05) is 0 Å². The molecule has 160 valence electrons. The zero-order valence-corrected chi connectivity index (χ0v) is 19.8. The normalized spacial score (nSPS) is 16.4. The number of aliphatic hydroxyl groups excluding tert-OH is 1. The highest BCUT2D eigenvalue weighted by Gasteiger charge is 2.46.